The summed E-state index contributed by atoms with van der Waals surface area (Å²) in [5, 5.41) is 0. The smallest absolute Gasteiger partial charge is 0.125 e. The molecule has 1 atom stereocenters. The van der Waals surface area contributed by atoms with Crippen molar-refractivity contribution in [1.82, 2.24) is 4.90 Å². The fraction of sp³-hybridized carbons (Fsp3) is 0.455. The van der Waals surface area contributed by atoms with Crippen molar-refractivity contribution in [3.8, 4) is 5.75 Å². The zero-order chi connectivity index (χ0) is 23.5. The van der Waals surface area contributed by atoms with Crippen molar-refractivity contribution in [2.45, 2.75) is 59.2 Å². The van der Waals surface area contributed by atoms with Gasteiger partial charge in [-0.1, -0.05) is 48.0 Å². The molecule has 0 aliphatic rings. The molecule has 138 valence electrons. The van der Waals surface area contributed by atoms with Crippen LogP contribution >= 0.6 is 12.4 Å². The second kappa shape index (κ2) is 10.5. The summed E-state index contributed by atoms with van der Waals surface area (Å²) in [7, 11) is 0. The summed E-state index contributed by atoms with van der Waals surface area (Å²) in [6.07, 6.45) is 0.0628. The van der Waals surface area contributed by atoms with E-state index in [9.17, 15) is 0 Å². The summed E-state index contributed by atoms with van der Waals surface area (Å²) in [5.41, 5.74) is 0.267. The van der Waals surface area contributed by atoms with Crippen molar-refractivity contribution in [3.05, 3.63) is 65.6 Å². The minimum atomic E-state index is -2.74. The van der Waals surface area contributed by atoms with E-state index in [-0.39, 0.29) is 18.2 Å². The van der Waals surface area contributed by atoms with Gasteiger partial charge in [-0.05, 0) is 52.2 Å². The van der Waals surface area contributed by atoms with E-state index in [2.05, 4.69) is 32.6 Å². The van der Waals surface area contributed by atoms with Gasteiger partial charge >= 0.3 is 0 Å². The van der Waals surface area contributed by atoms with Crippen LogP contribution in [0, 0.1) is 6.85 Å². The van der Waals surface area contributed by atoms with E-state index in [4.69, 9.17) is 14.3 Å². The Bertz CT molecular complexity index is 851. The van der Waals surface area contributed by atoms with Gasteiger partial charge in [-0.3, -0.25) is 4.90 Å². The molecule has 0 amide bonds. The molecule has 2 aromatic carbocycles. The van der Waals surface area contributed by atoms with Crippen molar-refractivity contribution < 1.29 is 14.3 Å². The molecule has 0 aliphatic heterocycles. The summed E-state index contributed by atoms with van der Waals surface area (Å²) >= 11 is 0. The molecule has 0 aromatic heterocycles. The zero-order valence-electron chi connectivity index (χ0n) is 22.3. The molecule has 0 saturated carbocycles. The monoisotopic (exact) mass is 368 g/mol. The van der Waals surface area contributed by atoms with Crippen molar-refractivity contribution in [1.29, 1.82) is 0 Å². The van der Waals surface area contributed by atoms with Crippen LogP contribution in [-0.4, -0.2) is 23.5 Å². The molecule has 0 heterocycles. The highest BCUT2D eigenvalue weighted by molar-refractivity contribution is 5.85. The van der Waals surface area contributed by atoms with Gasteiger partial charge in [-0.25, -0.2) is 0 Å². The van der Waals surface area contributed by atoms with E-state index >= 15 is 0 Å². The van der Waals surface area contributed by atoms with Gasteiger partial charge in [0.25, 0.3) is 0 Å². The predicted molar refractivity (Wildman–Crippen MR) is 110 cm³/mol. The first-order chi connectivity index (χ1) is 14.4. The number of ether oxygens (including phenoxy) is 1. The van der Waals surface area contributed by atoms with Crippen LogP contribution in [-0.2, 0) is 0 Å². The van der Waals surface area contributed by atoms with Gasteiger partial charge in [0, 0.05) is 29.2 Å². The first-order valence-corrected chi connectivity index (χ1v) is 8.44. The quantitative estimate of drug-likeness (QED) is 0.562. The average Bonchev–Trinajstić information content (AvgIpc) is 2.67. The van der Waals surface area contributed by atoms with Gasteiger partial charge in [0.05, 0.1) is 5.48 Å². The fourth-order valence-corrected chi connectivity index (χ4v) is 2.84. The lowest BCUT2D eigenvalue weighted by molar-refractivity contribution is 0.127. The van der Waals surface area contributed by atoms with Crippen LogP contribution < -0.4 is 4.74 Å². The second-order valence-corrected chi connectivity index (χ2v) is 6.44. The minimum absolute atomic E-state index is 0. The SMILES string of the molecule is Cl.[2H]c1c([2H])c(C([2H])([2H])[2H])c([2H])c([2H])c1OC(CCN(C(C)C)C(C)C)c1ccccc1. The Morgan fingerprint density at radius 3 is 2.12 bits per heavy atom. The maximum absolute atomic E-state index is 8.29. The molecule has 0 spiro atoms. The molecule has 2 aromatic rings. The minimum Gasteiger partial charge on any atom is -0.486 e. The number of nitrogens with zero attached hydrogens (tertiary/aromatic N) is 1. The molecule has 2 rings (SSSR count). The number of halogens is 1. The van der Waals surface area contributed by atoms with E-state index in [0.29, 0.717) is 25.0 Å². The fourth-order valence-electron chi connectivity index (χ4n) is 2.84. The third-order valence-corrected chi connectivity index (χ3v) is 4.01. The van der Waals surface area contributed by atoms with Gasteiger partial charge in [0.1, 0.15) is 11.9 Å². The molecular formula is C22H32ClNO. The summed E-state index contributed by atoms with van der Waals surface area (Å²) < 4.78 is 61.6. The second-order valence-electron chi connectivity index (χ2n) is 6.44. The highest BCUT2D eigenvalue weighted by Crippen LogP contribution is 2.26. The van der Waals surface area contributed by atoms with E-state index in [1.807, 2.05) is 30.3 Å². The van der Waals surface area contributed by atoms with Gasteiger partial charge in [-0.15, -0.1) is 12.4 Å². The Hall–Kier alpha value is -1.51. The maximum Gasteiger partial charge on any atom is 0.125 e. The van der Waals surface area contributed by atoms with Gasteiger partial charge in [0.15, 0.2) is 0 Å². The molecule has 0 aliphatic carbocycles. The number of rotatable bonds is 8. The van der Waals surface area contributed by atoms with E-state index in [1.165, 1.54) is 0 Å². The summed E-state index contributed by atoms with van der Waals surface area (Å²) in [5.74, 6) is -0.225. The Morgan fingerprint density at radius 1 is 1.00 bits per heavy atom. The van der Waals surface area contributed by atoms with Crippen molar-refractivity contribution in [3.63, 3.8) is 0 Å². The number of benzene rings is 2. The number of hydrogen-bond donors (Lipinski definition) is 0. The van der Waals surface area contributed by atoms with Crippen LogP contribution in [0.15, 0.2) is 54.5 Å². The van der Waals surface area contributed by atoms with Crippen LogP contribution in [0.2, 0.25) is 0 Å². The van der Waals surface area contributed by atoms with Crippen molar-refractivity contribution in [2.24, 2.45) is 0 Å². The van der Waals surface area contributed by atoms with E-state index < -0.39 is 42.7 Å². The molecule has 1 unspecified atom stereocenters. The first kappa shape index (κ1) is 12.8. The summed E-state index contributed by atoms with van der Waals surface area (Å²) in [6, 6.07) is 7.96. The molecule has 2 nitrogen and oxygen atoms in total. The highest BCUT2D eigenvalue weighted by atomic mass is 35.5. The van der Waals surface area contributed by atoms with Gasteiger partial charge < -0.3 is 4.74 Å². The molecular weight excluding hydrogens is 330 g/mol. The third-order valence-electron chi connectivity index (χ3n) is 4.01. The van der Waals surface area contributed by atoms with Crippen molar-refractivity contribution in [2.75, 3.05) is 6.54 Å². The molecule has 0 saturated heterocycles. The molecule has 0 fully saturated rings. The lowest BCUT2D eigenvalue weighted by Crippen LogP contribution is -2.38. The van der Waals surface area contributed by atoms with Crippen LogP contribution in [0.5, 0.6) is 5.75 Å². The summed E-state index contributed by atoms with van der Waals surface area (Å²) in [4.78, 5) is 2.31. The topological polar surface area (TPSA) is 12.5 Å². The Morgan fingerprint density at radius 2 is 1.60 bits per heavy atom. The lowest BCUT2D eigenvalue weighted by atomic mass is 10.0. The largest absolute Gasteiger partial charge is 0.486 e. The third kappa shape index (κ3) is 6.72. The Kier molecular flexibility index (Phi) is 5.35. The lowest BCUT2D eigenvalue weighted by Gasteiger charge is -2.32. The van der Waals surface area contributed by atoms with Gasteiger partial charge in [0.2, 0.25) is 0 Å². The van der Waals surface area contributed by atoms with E-state index in [0.717, 1.165) is 5.56 Å². The van der Waals surface area contributed by atoms with Crippen LogP contribution in [0.25, 0.3) is 0 Å². The Labute approximate surface area is 169 Å². The Balaban J connectivity index is 0.00000512. The zero-order valence-corrected chi connectivity index (χ0v) is 16.1. The van der Waals surface area contributed by atoms with Crippen LogP contribution in [0.3, 0.4) is 0 Å². The average molecular weight is 369 g/mol. The maximum atomic E-state index is 8.29. The van der Waals surface area contributed by atoms with E-state index in [1.54, 1.807) is 0 Å². The highest BCUT2D eigenvalue weighted by Gasteiger charge is 2.18. The molecule has 25 heavy (non-hydrogen) atoms. The van der Waals surface area contributed by atoms with Gasteiger partial charge in [-0.2, -0.15) is 0 Å². The molecule has 0 radical (unpaired) electrons. The number of hydrogen-bond acceptors (Lipinski definition) is 2. The first-order valence-electron chi connectivity index (χ1n) is 11.9. The molecule has 0 bridgehead atoms. The standard InChI is InChI=1S/C22H31NO.ClH/c1-17(2)23(18(3)4)16-15-22(20-9-7-6-8-10-20)24-21-13-11-19(5)12-14-21;/h6-14,17-18,22H,15-16H2,1-5H3;1H/i5D3,11D,12D,13D,14D;. The predicted octanol–water partition coefficient (Wildman–Crippen LogP) is 6.05. The molecule has 3 heteroatoms. The van der Waals surface area contributed by atoms with Crippen molar-refractivity contribution >= 4 is 12.4 Å². The van der Waals surface area contributed by atoms with Crippen LogP contribution in [0.1, 0.15) is 60.9 Å². The molecule has 0 N–H and O–H groups in total. The summed E-state index contributed by atoms with van der Waals surface area (Å²) in [6.45, 7) is 6.45. The normalized spacial score (nSPS) is 16.8. The van der Waals surface area contributed by atoms with Crippen LogP contribution in [0.4, 0.5) is 0 Å².